The van der Waals surface area contributed by atoms with E-state index in [1.165, 1.54) is 17.8 Å². The molecular weight excluding hydrogens is 356 g/mol. The molecule has 1 unspecified atom stereocenters. The molecule has 130 valence electrons. The summed E-state index contributed by atoms with van der Waals surface area (Å²) in [6, 6.07) is 12.5. The number of rotatable bonds is 3. The summed E-state index contributed by atoms with van der Waals surface area (Å²) < 4.78 is 0. The van der Waals surface area contributed by atoms with E-state index in [-0.39, 0.29) is 11.6 Å². The minimum absolute atomic E-state index is 0.0239. The molecule has 1 heterocycles. The van der Waals surface area contributed by atoms with Crippen LogP contribution >= 0.6 is 23.5 Å². The van der Waals surface area contributed by atoms with Crippen molar-refractivity contribution in [2.24, 2.45) is 0 Å². The van der Waals surface area contributed by atoms with Crippen LogP contribution in [0, 0.1) is 10.1 Å². The number of para-hydroxylation sites is 1. The third-order valence-corrected chi connectivity index (χ3v) is 6.13. The summed E-state index contributed by atoms with van der Waals surface area (Å²) in [6.45, 7) is 2.75. The monoisotopic (exact) mass is 374 g/mol. The van der Waals surface area contributed by atoms with Crippen molar-refractivity contribution in [3.8, 4) is 0 Å². The summed E-state index contributed by atoms with van der Waals surface area (Å²) in [6.07, 6.45) is 2.66. The van der Waals surface area contributed by atoms with Gasteiger partial charge in [-0.15, -0.1) is 23.5 Å². The molecule has 1 aliphatic heterocycles. The highest BCUT2D eigenvalue weighted by molar-refractivity contribution is 8.00. The van der Waals surface area contributed by atoms with E-state index >= 15 is 0 Å². The smallest absolute Gasteiger partial charge is 0.283 e. The first-order chi connectivity index (χ1) is 12.0. The lowest BCUT2D eigenvalue weighted by atomic mass is 10.1. The molecule has 0 N–H and O–H groups in total. The van der Waals surface area contributed by atoms with Gasteiger partial charge in [-0.05, 0) is 36.9 Å². The molecule has 2 aromatic rings. The molecule has 1 atom stereocenters. The third-order valence-electron chi connectivity index (χ3n) is 4.11. The zero-order chi connectivity index (χ0) is 18.0. The minimum Gasteiger partial charge on any atom is -0.307 e. The number of hydrogen-bond acceptors (Lipinski definition) is 5. The second-order valence-corrected chi connectivity index (χ2v) is 8.11. The molecular formula is C18H18N2O3S2. The zero-order valence-electron chi connectivity index (χ0n) is 14.0. The highest BCUT2D eigenvalue weighted by Gasteiger charge is 2.26. The maximum atomic E-state index is 13.1. The number of nitro groups is 1. The zero-order valence-corrected chi connectivity index (χ0v) is 15.6. The highest BCUT2D eigenvalue weighted by Crippen LogP contribution is 2.38. The number of amides is 1. The fourth-order valence-electron chi connectivity index (χ4n) is 2.82. The van der Waals surface area contributed by atoms with Crippen LogP contribution in [0.4, 0.5) is 11.4 Å². The van der Waals surface area contributed by atoms with E-state index in [0.29, 0.717) is 22.3 Å². The Morgan fingerprint density at radius 3 is 2.80 bits per heavy atom. The van der Waals surface area contributed by atoms with Crippen LogP contribution in [0.5, 0.6) is 0 Å². The van der Waals surface area contributed by atoms with Crippen molar-refractivity contribution in [2.75, 3.05) is 17.7 Å². The van der Waals surface area contributed by atoms with Crippen LogP contribution in [-0.4, -0.2) is 28.9 Å². The Hall–Kier alpha value is -1.99. The van der Waals surface area contributed by atoms with Gasteiger partial charge in [0.1, 0.15) is 0 Å². The molecule has 2 aromatic carbocycles. The van der Waals surface area contributed by atoms with Crippen LogP contribution in [0.1, 0.15) is 23.7 Å². The summed E-state index contributed by atoms with van der Waals surface area (Å²) in [5.74, 6) is -0.196. The largest absolute Gasteiger partial charge is 0.307 e. The van der Waals surface area contributed by atoms with Crippen LogP contribution in [0.25, 0.3) is 0 Å². The van der Waals surface area contributed by atoms with E-state index in [2.05, 4.69) is 6.92 Å². The summed E-state index contributed by atoms with van der Waals surface area (Å²) in [4.78, 5) is 27.3. The van der Waals surface area contributed by atoms with Crippen molar-refractivity contribution >= 4 is 40.8 Å². The molecule has 0 aromatic heterocycles. The first kappa shape index (κ1) is 17.8. The van der Waals surface area contributed by atoms with Gasteiger partial charge in [0.2, 0.25) is 0 Å². The number of carbonyl (C=O) groups is 1. The molecule has 0 radical (unpaired) electrons. The van der Waals surface area contributed by atoms with Crippen molar-refractivity contribution in [1.82, 2.24) is 0 Å². The average Bonchev–Trinajstić information content (AvgIpc) is 2.78. The molecule has 5 nitrogen and oxygen atoms in total. The van der Waals surface area contributed by atoms with Crippen LogP contribution in [0.15, 0.2) is 52.3 Å². The van der Waals surface area contributed by atoms with Crippen LogP contribution in [0.3, 0.4) is 0 Å². The van der Waals surface area contributed by atoms with Crippen molar-refractivity contribution in [1.29, 1.82) is 0 Å². The lowest BCUT2D eigenvalue weighted by Gasteiger charge is -2.22. The maximum Gasteiger partial charge on any atom is 0.283 e. The van der Waals surface area contributed by atoms with Gasteiger partial charge in [-0.1, -0.05) is 19.1 Å². The summed E-state index contributed by atoms with van der Waals surface area (Å²) in [5, 5.41) is 11.7. The Morgan fingerprint density at radius 2 is 2.08 bits per heavy atom. The van der Waals surface area contributed by atoms with Crippen LogP contribution < -0.4 is 4.90 Å². The quantitative estimate of drug-likeness (QED) is 0.437. The Morgan fingerprint density at radius 1 is 1.32 bits per heavy atom. The van der Waals surface area contributed by atoms with Gasteiger partial charge in [0.15, 0.2) is 0 Å². The highest BCUT2D eigenvalue weighted by atomic mass is 32.2. The fraction of sp³-hybridized carbons (Fsp3) is 0.278. The topological polar surface area (TPSA) is 63.5 Å². The Kier molecular flexibility index (Phi) is 5.34. The van der Waals surface area contributed by atoms with Gasteiger partial charge in [0.25, 0.3) is 11.6 Å². The second kappa shape index (κ2) is 7.49. The van der Waals surface area contributed by atoms with Gasteiger partial charge in [0.05, 0.1) is 15.5 Å². The predicted molar refractivity (Wildman–Crippen MR) is 103 cm³/mol. The Bertz CT molecular complexity index is 826. The van der Waals surface area contributed by atoms with Gasteiger partial charge in [-0.25, -0.2) is 0 Å². The molecule has 7 heteroatoms. The predicted octanol–water partition coefficient (Wildman–Crippen LogP) is 4.85. The van der Waals surface area contributed by atoms with Gasteiger partial charge in [0, 0.05) is 28.3 Å². The van der Waals surface area contributed by atoms with Crippen LogP contribution in [0.2, 0.25) is 0 Å². The number of nitro benzene ring substituents is 1. The average molecular weight is 374 g/mol. The molecule has 25 heavy (non-hydrogen) atoms. The normalized spacial score (nSPS) is 16.9. The van der Waals surface area contributed by atoms with E-state index in [0.717, 1.165) is 17.0 Å². The molecule has 1 aliphatic rings. The number of hydrogen-bond donors (Lipinski definition) is 0. The van der Waals surface area contributed by atoms with Gasteiger partial charge >= 0.3 is 0 Å². The lowest BCUT2D eigenvalue weighted by molar-refractivity contribution is -0.387. The number of fused-ring (bicyclic) bond motifs is 1. The first-order valence-electron chi connectivity index (χ1n) is 7.91. The summed E-state index contributed by atoms with van der Waals surface area (Å²) >= 11 is 3.06. The van der Waals surface area contributed by atoms with E-state index in [9.17, 15) is 14.9 Å². The molecule has 0 saturated heterocycles. The van der Waals surface area contributed by atoms with E-state index in [1.807, 2.05) is 24.3 Å². The second-order valence-electron chi connectivity index (χ2n) is 5.79. The van der Waals surface area contributed by atoms with Crippen LogP contribution in [-0.2, 0) is 0 Å². The maximum absolute atomic E-state index is 13.1. The number of carbonyl (C=O) groups excluding carboxylic acids is 1. The first-order valence-corrected chi connectivity index (χ1v) is 10.0. The van der Waals surface area contributed by atoms with E-state index in [1.54, 1.807) is 35.1 Å². The molecule has 1 amide bonds. The Labute approximate surface area is 154 Å². The molecule has 0 saturated carbocycles. The van der Waals surface area contributed by atoms with Crippen molar-refractivity contribution in [2.45, 2.75) is 28.4 Å². The molecule has 0 spiro atoms. The standard InChI is InChI=1S/C18H18N2O3S2/c1-12-9-10-19(14-5-3-4-6-17(14)25-12)18(21)13-7-8-16(24-2)15(11-13)20(22)23/h3-8,11-12H,9-10H2,1-2H3. The minimum atomic E-state index is -0.434. The van der Waals surface area contributed by atoms with E-state index in [4.69, 9.17) is 0 Å². The summed E-state index contributed by atoms with van der Waals surface area (Å²) in [7, 11) is 0. The number of benzene rings is 2. The van der Waals surface area contributed by atoms with Gasteiger partial charge in [-0.2, -0.15) is 0 Å². The van der Waals surface area contributed by atoms with Gasteiger partial charge in [-0.3, -0.25) is 14.9 Å². The summed E-state index contributed by atoms with van der Waals surface area (Å²) in [5.41, 5.74) is 1.20. The molecule has 3 rings (SSSR count). The van der Waals surface area contributed by atoms with Gasteiger partial charge < -0.3 is 4.90 Å². The Balaban J connectivity index is 2.01. The molecule has 0 fully saturated rings. The van der Waals surface area contributed by atoms with Crippen molar-refractivity contribution < 1.29 is 9.72 Å². The van der Waals surface area contributed by atoms with E-state index < -0.39 is 4.92 Å². The van der Waals surface area contributed by atoms with Crippen molar-refractivity contribution in [3.05, 3.63) is 58.1 Å². The lowest BCUT2D eigenvalue weighted by Crippen LogP contribution is -2.32. The number of thioether (sulfide) groups is 2. The number of anilines is 1. The molecule has 0 bridgehead atoms. The third kappa shape index (κ3) is 3.67. The molecule has 0 aliphatic carbocycles. The fourth-order valence-corrected chi connectivity index (χ4v) is 4.48. The van der Waals surface area contributed by atoms with Crippen molar-refractivity contribution in [3.63, 3.8) is 0 Å². The number of nitrogens with zero attached hydrogens (tertiary/aromatic N) is 2. The SMILES string of the molecule is CSc1ccc(C(=O)N2CCC(C)Sc3ccccc32)cc1[N+](=O)[O-].